The van der Waals surface area contributed by atoms with E-state index in [4.69, 9.17) is 9.47 Å². The quantitative estimate of drug-likeness (QED) is 0.202. The molecule has 0 saturated heterocycles. The summed E-state index contributed by atoms with van der Waals surface area (Å²) in [6.07, 6.45) is 1.96. The van der Waals surface area contributed by atoms with Gasteiger partial charge < -0.3 is 14.9 Å². The standard InChI is InChI=1S/C23H32N2O3.C2H6/c1-18(2)17-27-15-9-14-23(3,4)25-24-20-12-8-13-21(16-20)28-22(26)19-10-6-5-7-11-19;1-2/h5-8,10-13,16,18,24-25H,9,14-15,17H2,1-4H3;1-2H3. The Labute approximate surface area is 182 Å². The number of carbonyl (C=O) groups is 1. The van der Waals surface area contributed by atoms with Crippen molar-refractivity contribution >= 4 is 11.7 Å². The highest BCUT2D eigenvalue weighted by Crippen LogP contribution is 2.19. The molecule has 0 fully saturated rings. The lowest BCUT2D eigenvalue weighted by molar-refractivity contribution is 0.0735. The van der Waals surface area contributed by atoms with Gasteiger partial charge in [-0.2, -0.15) is 0 Å². The zero-order chi connectivity index (χ0) is 22.4. The summed E-state index contributed by atoms with van der Waals surface area (Å²) in [6, 6.07) is 16.3. The van der Waals surface area contributed by atoms with Crippen LogP contribution in [0.1, 0.15) is 64.7 Å². The van der Waals surface area contributed by atoms with Crippen molar-refractivity contribution in [3.63, 3.8) is 0 Å². The van der Waals surface area contributed by atoms with Crippen LogP contribution in [0, 0.1) is 5.92 Å². The molecular formula is C25H38N2O3. The molecule has 2 N–H and O–H groups in total. The van der Waals surface area contributed by atoms with Crippen molar-refractivity contribution in [1.29, 1.82) is 0 Å². The second-order valence-corrected chi connectivity index (χ2v) is 7.99. The second-order valence-electron chi connectivity index (χ2n) is 7.99. The first kappa shape index (κ1) is 25.7. The SMILES string of the molecule is CC.CC(C)COCCCC(C)(C)NNc1cccc(OC(=O)c2ccccc2)c1. The monoisotopic (exact) mass is 414 g/mol. The van der Waals surface area contributed by atoms with Crippen LogP contribution in [0.4, 0.5) is 5.69 Å². The number of hydrogen-bond acceptors (Lipinski definition) is 5. The highest BCUT2D eigenvalue weighted by atomic mass is 16.5. The summed E-state index contributed by atoms with van der Waals surface area (Å²) in [7, 11) is 0. The number of esters is 1. The third-order valence-electron chi connectivity index (χ3n) is 4.14. The van der Waals surface area contributed by atoms with E-state index in [2.05, 4.69) is 38.5 Å². The van der Waals surface area contributed by atoms with Gasteiger partial charge in [-0.1, -0.05) is 52.0 Å². The van der Waals surface area contributed by atoms with E-state index in [9.17, 15) is 4.79 Å². The van der Waals surface area contributed by atoms with Crippen molar-refractivity contribution in [2.45, 2.75) is 59.9 Å². The minimum absolute atomic E-state index is 0.0993. The van der Waals surface area contributed by atoms with Gasteiger partial charge in [0.15, 0.2) is 0 Å². The molecule has 2 aromatic carbocycles. The largest absolute Gasteiger partial charge is 0.423 e. The fourth-order valence-corrected chi connectivity index (χ4v) is 2.62. The van der Waals surface area contributed by atoms with E-state index in [-0.39, 0.29) is 11.5 Å². The van der Waals surface area contributed by atoms with Crippen molar-refractivity contribution in [1.82, 2.24) is 5.43 Å². The Balaban J connectivity index is 0.00000218. The first-order chi connectivity index (χ1) is 14.4. The maximum Gasteiger partial charge on any atom is 0.343 e. The molecule has 0 atom stereocenters. The molecule has 0 heterocycles. The van der Waals surface area contributed by atoms with E-state index < -0.39 is 0 Å². The predicted molar refractivity (Wildman–Crippen MR) is 125 cm³/mol. The van der Waals surface area contributed by atoms with E-state index in [1.54, 1.807) is 24.3 Å². The molecule has 0 bridgehead atoms. The van der Waals surface area contributed by atoms with Gasteiger partial charge >= 0.3 is 5.97 Å². The lowest BCUT2D eigenvalue weighted by Crippen LogP contribution is -2.43. The Morgan fingerprint density at radius 1 is 1.03 bits per heavy atom. The van der Waals surface area contributed by atoms with Gasteiger partial charge in [0.2, 0.25) is 0 Å². The molecule has 0 aromatic heterocycles. The van der Waals surface area contributed by atoms with Gasteiger partial charge in [0.25, 0.3) is 0 Å². The summed E-state index contributed by atoms with van der Waals surface area (Å²) in [4.78, 5) is 12.2. The molecule has 0 aliphatic heterocycles. The average Bonchev–Trinajstić information content (AvgIpc) is 2.74. The maximum absolute atomic E-state index is 12.2. The second kappa shape index (κ2) is 13.8. The summed E-state index contributed by atoms with van der Waals surface area (Å²) in [5.41, 5.74) is 7.82. The smallest absolute Gasteiger partial charge is 0.343 e. The number of benzene rings is 2. The molecule has 5 heteroatoms. The molecule has 0 aliphatic carbocycles. The zero-order valence-electron chi connectivity index (χ0n) is 19.3. The van der Waals surface area contributed by atoms with Crippen LogP contribution in [0.15, 0.2) is 54.6 Å². The van der Waals surface area contributed by atoms with Crippen LogP contribution in [0.5, 0.6) is 5.75 Å². The Kier molecular flexibility index (Phi) is 11.8. The van der Waals surface area contributed by atoms with Crippen molar-refractivity contribution in [2.24, 2.45) is 5.92 Å². The minimum atomic E-state index is -0.368. The van der Waals surface area contributed by atoms with Gasteiger partial charge in [-0.05, 0) is 56.9 Å². The van der Waals surface area contributed by atoms with E-state index in [1.165, 1.54) is 0 Å². The molecule has 0 saturated carbocycles. The fourth-order valence-electron chi connectivity index (χ4n) is 2.62. The third kappa shape index (κ3) is 10.4. The maximum atomic E-state index is 12.2. The molecule has 0 spiro atoms. The molecule has 2 rings (SSSR count). The van der Waals surface area contributed by atoms with Crippen LogP contribution in [0.25, 0.3) is 0 Å². The number of carbonyl (C=O) groups excluding carboxylic acids is 1. The lowest BCUT2D eigenvalue weighted by Gasteiger charge is -2.27. The van der Waals surface area contributed by atoms with Crippen molar-refractivity contribution < 1.29 is 14.3 Å². The number of ether oxygens (including phenoxy) is 2. The summed E-state index contributed by atoms with van der Waals surface area (Å²) in [5.74, 6) is 0.698. The number of anilines is 1. The summed E-state index contributed by atoms with van der Waals surface area (Å²) >= 11 is 0. The summed E-state index contributed by atoms with van der Waals surface area (Å²) in [5, 5.41) is 0. The number of hydrazine groups is 1. The number of nitrogens with one attached hydrogen (secondary N) is 2. The van der Waals surface area contributed by atoms with E-state index >= 15 is 0 Å². The van der Waals surface area contributed by atoms with Crippen LogP contribution in [0.3, 0.4) is 0 Å². The number of hydrogen-bond donors (Lipinski definition) is 2. The van der Waals surface area contributed by atoms with Gasteiger partial charge in [-0.3, -0.25) is 0 Å². The molecule has 0 radical (unpaired) electrons. The van der Waals surface area contributed by atoms with Crippen LogP contribution in [0.2, 0.25) is 0 Å². The summed E-state index contributed by atoms with van der Waals surface area (Å²) in [6.45, 7) is 14.2. The zero-order valence-corrected chi connectivity index (χ0v) is 19.3. The third-order valence-corrected chi connectivity index (χ3v) is 4.14. The van der Waals surface area contributed by atoms with Crippen LogP contribution >= 0.6 is 0 Å². The van der Waals surface area contributed by atoms with Crippen molar-refractivity contribution in [2.75, 3.05) is 18.6 Å². The fraction of sp³-hybridized carbons (Fsp3) is 0.480. The minimum Gasteiger partial charge on any atom is -0.423 e. The van der Waals surface area contributed by atoms with Crippen LogP contribution in [-0.4, -0.2) is 24.7 Å². The van der Waals surface area contributed by atoms with Crippen molar-refractivity contribution in [3.8, 4) is 5.75 Å². The Morgan fingerprint density at radius 3 is 2.40 bits per heavy atom. The Bertz CT molecular complexity index is 730. The molecule has 5 nitrogen and oxygen atoms in total. The number of rotatable bonds is 11. The average molecular weight is 415 g/mol. The van der Waals surface area contributed by atoms with Gasteiger partial charge in [0.05, 0.1) is 11.3 Å². The topological polar surface area (TPSA) is 59.6 Å². The van der Waals surface area contributed by atoms with Crippen LogP contribution in [-0.2, 0) is 4.74 Å². The molecule has 166 valence electrons. The molecule has 0 amide bonds. The van der Waals surface area contributed by atoms with E-state index in [1.807, 2.05) is 44.2 Å². The molecule has 2 aromatic rings. The highest BCUT2D eigenvalue weighted by Gasteiger charge is 2.17. The summed E-state index contributed by atoms with van der Waals surface area (Å²) < 4.78 is 11.1. The molecule has 0 unspecified atom stereocenters. The Morgan fingerprint density at radius 2 is 1.73 bits per heavy atom. The molecular weight excluding hydrogens is 376 g/mol. The van der Waals surface area contributed by atoms with Gasteiger partial charge in [-0.25, -0.2) is 10.2 Å². The Hall–Kier alpha value is -2.37. The van der Waals surface area contributed by atoms with Gasteiger partial charge in [0.1, 0.15) is 5.75 Å². The first-order valence-electron chi connectivity index (χ1n) is 10.8. The molecule has 0 aliphatic rings. The normalized spacial score (nSPS) is 10.9. The van der Waals surface area contributed by atoms with E-state index in [0.29, 0.717) is 17.2 Å². The van der Waals surface area contributed by atoms with E-state index in [0.717, 1.165) is 31.7 Å². The highest BCUT2D eigenvalue weighted by molar-refractivity contribution is 5.91. The van der Waals surface area contributed by atoms with Crippen molar-refractivity contribution in [3.05, 3.63) is 60.2 Å². The molecule has 30 heavy (non-hydrogen) atoms. The van der Waals surface area contributed by atoms with Crippen LogP contribution < -0.4 is 15.6 Å². The predicted octanol–water partition coefficient (Wildman–Crippen LogP) is 6.08. The lowest BCUT2D eigenvalue weighted by atomic mass is 10.00. The van der Waals surface area contributed by atoms with Gasteiger partial charge in [-0.15, -0.1) is 0 Å². The van der Waals surface area contributed by atoms with Gasteiger partial charge in [0, 0.05) is 24.8 Å². The first-order valence-corrected chi connectivity index (χ1v) is 10.8.